The number of hydrogen-bond donors (Lipinski definition) is 0. The fourth-order valence-electron chi connectivity index (χ4n) is 4.04. The summed E-state index contributed by atoms with van der Waals surface area (Å²) in [5.41, 5.74) is 3.52. The molecule has 2 aliphatic rings. The van der Waals surface area contributed by atoms with Gasteiger partial charge in [-0.15, -0.1) is 0 Å². The highest BCUT2D eigenvalue weighted by Crippen LogP contribution is 2.29. The molecule has 1 aliphatic heterocycles. The topological polar surface area (TPSA) is 49.3 Å². The van der Waals surface area contributed by atoms with Crippen LogP contribution in [-0.4, -0.2) is 47.0 Å². The molecule has 0 unspecified atom stereocenters. The molecule has 1 aromatic heterocycles. The molecular weight excluding hydrogens is 336 g/mol. The molecule has 4 rings (SSSR count). The van der Waals surface area contributed by atoms with Crippen LogP contribution in [0.25, 0.3) is 0 Å². The lowest BCUT2D eigenvalue weighted by Crippen LogP contribution is -2.51. The molecule has 1 aromatic carbocycles. The van der Waals surface area contributed by atoms with Gasteiger partial charge < -0.3 is 9.80 Å². The SMILES string of the molecule is Cc1nc(C)c(Cc2ccccc2)c(N2CCN(C(=O)C3CCC3)CC2)n1. The highest BCUT2D eigenvalue weighted by molar-refractivity contribution is 5.80. The van der Waals surface area contributed by atoms with Gasteiger partial charge in [0, 0.05) is 49.8 Å². The lowest BCUT2D eigenvalue weighted by molar-refractivity contribution is -0.138. The Morgan fingerprint density at radius 1 is 1.04 bits per heavy atom. The summed E-state index contributed by atoms with van der Waals surface area (Å²) in [6.45, 7) is 7.31. The molecule has 2 aromatic rings. The largest absolute Gasteiger partial charge is 0.353 e. The van der Waals surface area contributed by atoms with Gasteiger partial charge in [0.05, 0.1) is 0 Å². The van der Waals surface area contributed by atoms with Gasteiger partial charge in [-0.2, -0.15) is 0 Å². The molecule has 0 radical (unpaired) electrons. The Balaban J connectivity index is 1.52. The summed E-state index contributed by atoms with van der Waals surface area (Å²) < 4.78 is 0. The second-order valence-corrected chi connectivity index (χ2v) is 7.76. The molecule has 0 N–H and O–H groups in total. The summed E-state index contributed by atoms with van der Waals surface area (Å²) >= 11 is 0. The van der Waals surface area contributed by atoms with Crippen LogP contribution in [0.3, 0.4) is 0 Å². The Labute approximate surface area is 161 Å². The number of carbonyl (C=O) groups excluding carboxylic acids is 1. The van der Waals surface area contributed by atoms with Crippen molar-refractivity contribution in [3.05, 3.63) is 53.0 Å². The van der Waals surface area contributed by atoms with Gasteiger partial charge in [-0.1, -0.05) is 36.8 Å². The molecule has 1 aliphatic carbocycles. The third-order valence-electron chi connectivity index (χ3n) is 5.87. The Hall–Kier alpha value is -2.43. The first-order valence-electron chi connectivity index (χ1n) is 10.0. The van der Waals surface area contributed by atoms with Crippen molar-refractivity contribution in [2.75, 3.05) is 31.1 Å². The van der Waals surface area contributed by atoms with Gasteiger partial charge in [0.1, 0.15) is 11.6 Å². The number of anilines is 1. The number of aryl methyl sites for hydroxylation is 2. The zero-order chi connectivity index (χ0) is 18.8. The number of carbonyl (C=O) groups is 1. The molecule has 142 valence electrons. The van der Waals surface area contributed by atoms with Gasteiger partial charge >= 0.3 is 0 Å². The predicted octanol–water partition coefficient (Wildman–Crippen LogP) is 3.13. The van der Waals surface area contributed by atoms with Crippen LogP contribution >= 0.6 is 0 Å². The smallest absolute Gasteiger partial charge is 0.225 e. The number of nitrogens with zero attached hydrogens (tertiary/aromatic N) is 4. The minimum absolute atomic E-state index is 0.286. The van der Waals surface area contributed by atoms with Crippen molar-refractivity contribution < 1.29 is 4.79 Å². The highest BCUT2D eigenvalue weighted by Gasteiger charge is 2.32. The molecule has 2 fully saturated rings. The molecule has 1 saturated heterocycles. The molecule has 5 heteroatoms. The Morgan fingerprint density at radius 3 is 2.37 bits per heavy atom. The molecule has 0 bridgehead atoms. The molecule has 27 heavy (non-hydrogen) atoms. The van der Waals surface area contributed by atoms with E-state index >= 15 is 0 Å². The van der Waals surface area contributed by atoms with E-state index < -0.39 is 0 Å². The molecule has 0 spiro atoms. The van der Waals surface area contributed by atoms with Gasteiger partial charge in [-0.05, 0) is 32.3 Å². The van der Waals surface area contributed by atoms with Crippen LogP contribution in [0.5, 0.6) is 0 Å². The lowest BCUT2D eigenvalue weighted by Gasteiger charge is -2.39. The van der Waals surface area contributed by atoms with Crippen LogP contribution in [-0.2, 0) is 11.2 Å². The summed E-state index contributed by atoms with van der Waals surface area (Å²) in [6.07, 6.45) is 4.19. The van der Waals surface area contributed by atoms with Crippen molar-refractivity contribution >= 4 is 11.7 Å². The van der Waals surface area contributed by atoms with E-state index in [4.69, 9.17) is 4.98 Å². The van der Waals surface area contributed by atoms with E-state index in [0.29, 0.717) is 5.91 Å². The Morgan fingerprint density at radius 2 is 1.74 bits per heavy atom. The van der Waals surface area contributed by atoms with E-state index in [-0.39, 0.29) is 5.92 Å². The second kappa shape index (κ2) is 7.67. The summed E-state index contributed by atoms with van der Waals surface area (Å²) in [6, 6.07) is 10.5. The zero-order valence-electron chi connectivity index (χ0n) is 16.3. The van der Waals surface area contributed by atoms with Gasteiger partial charge in [0.15, 0.2) is 0 Å². The summed E-state index contributed by atoms with van der Waals surface area (Å²) in [7, 11) is 0. The van der Waals surface area contributed by atoms with E-state index in [0.717, 1.165) is 62.8 Å². The van der Waals surface area contributed by atoms with Crippen molar-refractivity contribution in [3.63, 3.8) is 0 Å². The third-order valence-corrected chi connectivity index (χ3v) is 5.87. The van der Waals surface area contributed by atoms with Crippen molar-refractivity contribution in [3.8, 4) is 0 Å². The zero-order valence-corrected chi connectivity index (χ0v) is 16.3. The van der Waals surface area contributed by atoms with E-state index in [1.807, 2.05) is 13.0 Å². The number of piperazine rings is 1. The summed E-state index contributed by atoms with van der Waals surface area (Å²) in [5.74, 6) is 2.50. The maximum atomic E-state index is 12.5. The summed E-state index contributed by atoms with van der Waals surface area (Å²) in [5, 5.41) is 0. The Bertz CT molecular complexity index is 809. The third kappa shape index (κ3) is 3.82. The monoisotopic (exact) mass is 364 g/mol. The minimum atomic E-state index is 0.286. The molecule has 2 heterocycles. The van der Waals surface area contributed by atoms with Crippen LogP contribution in [0.2, 0.25) is 0 Å². The van der Waals surface area contributed by atoms with Crippen molar-refractivity contribution in [2.45, 2.75) is 39.5 Å². The molecule has 1 saturated carbocycles. The predicted molar refractivity (Wildman–Crippen MR) is 107 cm³/mol. The average molecular weight is 364 g/mol. The van der Waals surface area contributed by atoms with E-state index in [9.17, 15) is 4.79 Å². The summed E-state index contributed by atoms with van der Waals surface area (Å²) in [4.78, 5) is 26.3. The van der Waals surface area contributed by atoms with Crippen molar-refractivity contribution in [1.29, 1.82) is 0 Å². The normalized spacial score (nSPS) is 17.7. The highest BCUT2D eigenvalue weighted by atomic mass is 16.2. The molecule has 0 atom stereocenters. The fourth-order valence-corrected chi connectivity index (χ4v) is 4.04. The van der Waals surface area contributed by atoms with E-state index in [1.165, 1.54) is 17.5 Å². The lowest BCUT2D eigenvalue weighted by atomic mass is 9.84. The number of rotatable bonds is 4. The first-order valence-corrected chi connectivity index (χ1v) is 10.0. The van der Waals surface area contributed by atoms with Crippen LogP contribution in [0.15, 0.2) is 30.3 Å². The number of aromatic nitrogens is 2. The molecule has 1 amide bonds. The standard InChI is InChI=1S/C22H28N4O/c1-16-20(15-18-7-4-3-5-8-18)21(24-17(2)23-16)25-11-13-26(14-12-25)22(27)19-9-6-10-19/h3-5,7-8,19H,6,9-15H2,1-2H3. The first kappa shape index (κ1) is 18.0. The number of benzene rings is 1. The fraction of sp³-hybridized carbons (Fsp3) is 0.500. The first-order chi connectivity index (χ1) is 13.1. The maximum absolute atomic E-state index is 12.5. The van der Waals surface area contributed by atoms with Gasteiger partial charge in [0.2, 0.25) is 5.91 Å². The molecule has 5 nitrogen and oxygen atoms in total. The van der Waals surface area contributed by atoms with E-state index in [1.54, 1.807) is 0 Å². The van der Waals surface area contributed by atoms with Crippen LogP contribution in [0.1, 0.15) is 41.9 Å². The van der Waals surface area contributed by atoms with Gasteiger partial charge in [0.25, 0.3) is 0 Å². The minimum Gasteiger partial charge on any atom is -0.353 e. The average Bonchev–Trinajstić information content (AvgIpc) is 2.63. The second-order valence-electron chi connectivity index (χ2n) is 7.76. The van der Waals surface area contributed by atoms with Crippen LogP contribution < -0.4 is 4.90 Å². The van der Waals surface area contributed by atoms with E-state index in [2.05, 4.69) is 46.0 Å². The number of hydrogen-bond acceptors (Lipinski definition) is 4. The van der Waals surface area contributed by atoms with Gasteiger partial charge in [-0.25, -0.2) is 9.97 Å². The van der Waals surface area contributed by atoms with Gasteiger partial charge in [-0.3, -0.25) is 4.79 Å². The van der Waals surface area contributed by atoms with Crippen LogP contribution in [0.4, 0.5) is 5.82 Å². The van der Waals surface area contributed by atoms with Crippen molar-refractivity contribution in [2.24, 2.45) is 5.92 Å². The maximum Gasteiger partial charge on any atom is 0.225 e. The Kier molecular flexibility index (Phi) is 5.10. The van der Waals surface area contributed by atoms with Crippen molar-refractivity contribution in [1.82, 2.24) is 14.9 Å². The quantitative estimate of drug-likeness (QED) is 0.836. The van der Waals surface area contributed by atoms with Crippen LogP contribution in [0, 0.1) is 19.8 Å². The number of amides is 1. The molecular formula is C22H28N4O.